The fourth-order valence-corrected chi connectivity index (χ4v) is 3.15. The van der Waals surface area contributed by atoms with Gasteiger partial charge in [-0.3, -0.25) is 9.79 Å². The summed E-state index contributed by atoms with van der Waals surface area (Å²) in [5, 5.41) is 6.04. The van der Waals surface area contributed by atoms with Gasteiger partial charge < -0.3 is 25.0 Å². The lowest BCUT2D eigenvalue weighted by molar-refractivity contribution is 0.0963. The van der Waals surface area contributed by atoms with E-state index in [4.69, 9.17) is 9.47 Å². The number of likely N-dealkylation sites (N-methyl/N-ethyl adjacent to an activating group) is 1. The zero-order valence-corrected chi connectivity index (χ0v) is 21.2. The summed E-state index contributed by atoms with van der Waals surface area (Å²) in [5.41, 5.74) is 2.94. The molecule has 0 spiro atoms. The van der Waals surface area contributed by atoms with Crippen LogP contribution in [0.15, 0.2) is 47.5 Å². The molecule has 1 amide bonds. The number of ether oxygens (including phenoxy) is 2. The molecule has 0 saturated carbocycles. The van der Waals surface area contributed by atoms with Gasteiger partial charge in [0.1, 0.15) is 0 Å². The summed E-state index contributed by atoms with van der Waals surface area (Å²) in [6.07, 6.45) is 1.65. The lowest BCUT2D eigenvalue weighted by Crippen LogP contribution is -2.40. The molecule has 0 saturated heterocycles. The van der Waals surface area contributed by atoms with Crippen molar-refractivity contribution in [1.82, 2.24) is 15.5 Å². The van der Waals surface area contributed by atoms with Gasteiger partial charge in [0.25, 0.3) is 5.91 Å². The highest BCUT2D eigenvalue weighted by atomic mass is 127. The van der Waals surface area contributed by atoms with Crippen LogP contribution < -0.4 is 20.1 Å². The second-order valence-corrected chi connectivity index (χ2v) is 6.86. The maximum absolute atomic E-state index is 11.8. The molecule has 0 aliphatic carbocycles. The molecule has 7 nitrogen and oxygen atoms in total. The fourth-order valence-electron chi connectivity index (χ4n) is 3.15. The zero-order valence-electron chi connectivity index (χ0n) is 18.9. The van der Waals surface area contributed by atoms with E-state index in [0.29, 0.717) is 5.56 Å². The Balaban J connectivity index is 0.00000480. The van der Waals surface area contributed by atoms with Crippen molar-refractivity contribution in [2.75, 3.05) is 48.5 Å². The predicted octanol–water partition coefficient (Wildman–Crippen LogP) is 2.97. The van der Waals surface area contributed by atoms with Crippen LogP contribution in [0.3, 0.4) is 0 Å². The number of hydrogen-bond acceptors (Lipinski definition) is 4. The number of nitrogens with zero attached hydrogens (tertiary/aromatic N) is 2. The Morgan fingerprint density at radius 1 is 1.03 bits per heavy atom. The van der Waals surface area contributed by atoms with Gasteiger partial charge in [-0.2, -0.15) is 0 Å². The Kier molecular flexibility index (Phi) is 11.8. The first-order chi connectivity index (χ1) is 14.5. The topological polar surface area (TPSA) is 75.2 Å². The molecule has 2 N–H and O–H groups in total. The molecule has 0 aromatic heterocycles. The molecule has 0 radical (unpaired) electrons. The Morgan fingerprint density at radius 2 is 1.74 bits per heavy atom. The molecular formula is C23H33IN4O3. The third kappa shape index (κ3) is 7.93. The second kappa shape index (κ2) is 13.7. The smallest absolute Gasteiger partial charge is 0.251 e. The summed E-state index contributed by atoms with van der Waals surface area (Å²) in [7, 11) is 8.71. The van der Waals surface area contributed by atoms with E-state index in [1.165, 1.54) is 5.56 Å². The molecule has 0 aliphatic heterocycles. The fraction of sp³-hybridized carbons (Fsp3) is 0.391. The van der Waals surface area contributed by atoms with Gasteiger partial charge in [-0.05, 0) is 48.2 Å². The largest absolute Gasteiger partial charge is 0.493 e. The standard InChI is InChI=1S/C23H32N4O3.HI/c1-24-22(28)19-8-6-7-17(15-19)11-13-26-23(25-2)27(3)14-12-18-9-10-20(29-4)21(16-18)30-5;/h6-10,15-16H,11-14H2,1-5H3,(H,24,28)(H,25,26);1H. The van der Waals surface area contributed by atoms with Gasteiger partial charge in [0.05, 0.1) is 14.2 Å². The summed E-state index contributed by atoms with van der Waals surface area (Å²) in [5.74, 6) is 2.22. The number of aliphatic imine (C=N–C) groups is 1. The van der Waals surface area contributed by atoms with Crippen LogP contribution in [0.5, 0.6) is 11.5 Å². The Bertz CT molecular complexity index is 874. The van der Waals surface area contributed by atoms with Gasteiger partial charge in [-0.1, -0.05) is 18.2 Å². The van der Waals surface area contributed by atoms with Crippen LogP contribution in [0.25, 0.3) is 0 Å². The van der Waals surface area contributed by atoms with Crippen LogP contribution in [0.2, 0.25) is 0 Å². The number of rotatable bonds is 9. The predicted molar refractivity (Wildman–Crippen MR) is 136 cm³/mol. The van der Waals surface area contributed by atoms with Crippen LogP contribution in [0.4, 0.5) is 0 Å². The molecule has 2 aromatic carbocycles. The lowest BCUT2D eigenvalue weighted by atomic mass is 10.1. The molecule has 0 fully saturated rings. The lowest BCUT2D eigenvalue weighted by Gasteiger charge is -2.22. The minimum atomic E-state index is -0.0736. The Labute approximate surface area is 202 Å². The minimum Gasteiger partial charge on any atom is -0.493 e. The molecule has 170 valence electrons. The number of halogens is 1. The van der Waals surface area contributed by atoms with Crippen molar-refractivity contribution in [3.8, 4) is 11.5 Å². The van der Waals surface area contributed by atoms with Gasteiger partial charge in [0.15, 0.2) is 17.5 Å². The van der Waals surface area contributed by atoms with E-state index in [1.54, 1.807) is 28.3 Å². The monoisotopic (exact) mass is 540 g/mol. The van der Waals surface area contributed by atoms with Crippen LogP contribution >= 0.6 is 24.0 Å². The third-order valence-electron chi connectivity index (χ3n) is 4.87. The van der Waals surface area contributed by atoms with Gasteiger partial charge in [-0.25, -0.2) is 0 Å². The SMILES string of the molecule is CN=C(NCCc1cccc(C(=O)NC)c1)N(C)CCc1ccc(OC)c(OC)c1.I. The van der Waals surface area contributed by atoms with Gasteiger partial charge in [0, 0.05) is 39.8 Å². The third-order valence-corrected chi connectivity index (χ3v) is 4.87. The number of carbonyl (C=O) groups excluding carboxylic acids is 1. The molecular weight excluding hydrogens is 507 g/mol. The minimum absolute atomic E-state index is 0. The molecule has 0 atom stereocenters. The molecule has 0 bridgehead atoms. The van der Waals surface area contributed by atoms with Crippen LogP contribution in [0.1, 0.15) is 21.5 Å². The van der Waals surface area contributed by atoms with Crippen molar-refractivity contribution in [2.24, 2.45) is 4.99 Å². The molecule has 0 aliphatic rings. The molecule has 0 heterocycles. The van der Waals surface area contributed by atoms with Crippen molar-refractivity contribution in [2.45, 2.75) is 12.8 Å². The van der Waals surface area contributed by atoms with E-state index < -0.39 is 0 Å². The number of carbonyl (C=O) groups is 1. The Hall–Kier alpha value is -2.49. The van der Waals surface area contributed by atoms with Crippen molar-refractivity contribution in [3.63, 3.8) is 0 Å². The van der Waals surface area contributed by atoms with E-state index in [-0.39, 0.29) is 29.9 Å². The first-order valence-electron chi connectivity index (χ1n) is 9.96. The van der Waals surface area contributed by atoms with Crippen molar-refractivity contribution in [1.29, 1.82) is 0 Å². The molecule has 8 heteroatoms. The maximum Gasteiger partial charge on any atom is 0.251 e. The van der Waals surface area contributed by atoms with Crippen molar-refractivity contribution < 1.29 is 14.3 Å². The molecule has 31 heavy (non-hydrogen) atoms. The normalized spacial score (nSPS) is 10.7. The summed E-state index contributed by atoms with van der Waals surface area (Å²) in [6.45, 7) is 1.53. The Morgan fingerprint density at radius 3 is 2.39 bits per heavy atom. The molecule has 0 unspecified atom stereocenters. The highest BCUT2D eigenvalue weighted by Crippen LogP contribution is 2.27. The van der Waals surface area contributed by atoms with E-state index in [1.807, 2.05) is 49.5 Å². The zero-order chi connectivity index (χ0) is 21.9. The van der Waals surface area contributed by atoms with E-state index in [9.17, 15) is 4.79 Å². The summed E-state index contributed by atoms with van der Waals surface area (Å²) in [6, 6.07) is 13.6. The highest BCUT2D eigenvalue weighted by molar-refractivity contribution is 14.0. The van der Waals surface area contributed by atoms with E-state index in [2.05, 4.69) is 20.5 Å². The average Bonchev–Trinajstić information content (AvgIpc) is 2.79. The van der Waals surface area contributed by atoms with Crippen LogP contribution in [-0.4, -0.2) is 65.2 Å². The van der Waals surface area contributed by atoms with E-state index >= 15 is 0 Å². The van der Waals surface area contributed by atoms with Crippen molar-refractivity contribution >= 4 is 35.8 Å². The number of methoxy groups -OCH3 is 2. The summed E-state index contributed by atoms with van der Waals surface area (Å²) < 4.78 is 10.7. The van der Waals surface area contributed by atoms with E-state index in [0.717, 1.165) is 49.0 Å². The summed E-state index contributed by atoms with van der Waals surface area (Å²) in [4.78, 5) is 18.3. The number of amides is 1. The molecule has 2 rings (SSSR count). The van der Waals surface area contributed by atoms with Crippen molar-refractivity contribution in [3.05, 3.63) is 59.2 Å². The summed E-state index contributed by atoms with van der Waals surface area (Å²) >= 11 is 0. The number of hydrogen-bond donors (Lipinski definition) is 2. The van der Waals surface area contributed by atoms with Gasteiger partial charge in [-0.15, -0.1) is 24.0 Å². The average molecular weight is 540 g/mol. The number of guanidine groups is 1. The maximum atomic E-state index is 11.8. The van der Waals surface area contributed by atoms with Crippen LogP contribution in [-0.2, 0) is 12.8 Å². The van der Waals surface area contributed by atoms with Gasteiger partial charge in [0.2, 0.25) is 0 Å². The first kappa shape index (κ1) is 26.5. The number of nitrogens with one attached hydrogen (secondary N) is 2. The van der Waals surface area contributed by atoms with Crippen LogP contribution in [0, 0.1) is 0 Å². The second-order valence-electron chi connectivity index (χ2n) is 6.86. The highest BCUT2D eigenvalue weighted by Gasteiger charge is 2.09. The first-order valence-corrected chi connectivity index (χ1v) is 9.96. The molecule has 2 aromatic rings. The quantitative estimate of drug-likeness (QED) is 0.291. The van der Waals surface area contributed by atoms with Gasteiger partial charge >= 0.3 is 0 Å². The number of benzene rings is 2.